The van der Waals surface area contributed by atoms with Crippen molar-refractivity contribution in [2.45, 2.75) is 0 Å². The van der Waals surface area contributed by atoms with Gasteiger partial charge in [0.1, 0.15) is 0 Å². The van der Waals surface area contributed by atoms with E-state index < -0.39 is 0 Å². The molecule has 0 aliphatic carbocycles. The molecular formula is C8H24Ni-8. The monoisotopic (exact) mass is 178 g/mol. The Morgan fingerprint density at radius 2 is 0.222 bits per heavy atom. The Morgan fingerprint density at radius 3 is 0.222 bits per heavy atom. The number of hydrogen-bond donors (Lipinski definition) is 0. The SMILES string of the molecule is [CH3-].[CH3-].[CH3-].[CH3-].[CH3-].[CH3-].[CH3-].[CH3-].[Ni]. The Morgan fingerprint density at radius 1 is 0.222 bits per heavy atom. The molecule has 1 heteroatoms. The van der Waals surface area contributed by atoms with Gasteiger partial charge in [-0.3, -0.25) is 0 Å². The fourth-order valence-electron chi connectivity index (χ4n) is 0. The molecule has 0 amide bonds. The van der Waals surface area contributed by atoms with Crippen molar-refractivity contribution in [2.24, 2.45) is 0 Å². The third kappa shape index (κ3) is 1470. The van der Waals surface area contributed by atoms with Crippen LogP contribution in [0.5, 0.6) is 0 Å². The Hall–Kier alpha value is 0.494. The fourth-order valence-corrected chi connectivity index (χ4v) is 0. The first-order valence-corrected chi connectivity index (χ1v) is 0. The minimum absolute atomic E-state index is 0. The van der Waals surface area contributed by atoms with Crippen molar-refractivity contribution in [3.63, 3.8) is 0 Å². The van der Waals surface area contributed by atoms with E-state index in [1.807, 2.05) is 0 Å². The van der Waals surface area contributed by atoms with Crippen molar-refractivity contribution in [3.05, 3.63) is 59.4 Å². The molecule has 0 heterocycles. The summed E-state index contributed by atoms with van der Waals surface area (Å²) in [6.07, 6.45) is 0. The second kappa shape index (κ2) is 1960. The second-order valence-corrected chi connectivity index (χ2v) is 0. The van der Waals surface area contributed by atoms with Gasteiger partial charge in [-0.1, -0.05) is 0 Å². The first-order valence-electron chi connectivity index (χ1n) is 0. The molecular weight excluding hydrogens is 155 g/mol. The van der Waals surface area contributed by atoms with Crippen LogP contribution in [0.25, 0.3) is 0 Å². The van der Waals surface area contributed by atoms with Gasteiger partial charge in [0.2, 0.25) is 0 Å². The molecule has 0 aliphatic rings. The van der Waals surface area contributed by atoms with Crippen LogP contribution in [0.4, 0.5) is 0 Å². The average Bonchev–Trinajstić information content (AvgIpc) is 0. The molecule has 0 spiro atoms. The maximum Gasteiger partial charge on any atom is 0 e. The second-order valence-electron chi connectivity index (χ2n) is 0. The summed E-state index contributed by atoms with van der Waals surface area (Å²) >= 11 is 0. The van der Waals surface area contributed by atoms with Crippen molar-refractivity contribution in [2.75, 3.05) is 0 Å². The minimum Gasteiger partial charge on any atom is -0.358 e. The summed E-state index contributed by atoms with van der Waals surface area (Å²) in [4.78, 5) is 0. The maximum atomic E-state index is 0. The van der Waals surface area contributed by atoms with E-state index in [2.05, 4.69) is 0 Å². The molecule has 0 aliphatic heterocycles. The molecule has 0 unspecified atom stereocenters. The van der Waals surface area contributed by atoms with Gasteiger partial charge in [-0.2, -0.15) is 0 Å². The van der Waals surface area contributed by atoms with Crippen LogP contribution >= 0.6 is 0 Å². The summed E-state index contributed by atoms with van der Waals surface area (Å²) in [5.74, 6) is 0. The first kappa shape index (κ1) is 2810. The standard InChI is InChI=1S/8CH3.Ni/h8*1H3;/q8*-1;. The summed E-state index contributed by atoms with van der Waals surface area (Å²) < 4.78 is 0. The topological polar surface area (TPSA) is 0 Å². The quantitative estimate of drug-likeness (QED) is 0.393. The number of hydrogen-bond acceptors (Lipinski definition) is 0. The van der Waals surface area contributed by atoms with Crippen molar-refractivity contribution in [1.29, 1.82) is 0 Å². The average molecular weight is 179 g/mol. The van der Waals surface area contributed by atoms with Gasteiger partial charge < -0.3 is 59.4 Å². The Kier molecular flexibility index (Phi) is 612000. The molecule has 0 saturated heterocycles. The number of rotatable bonds is 0. The summed E-state index contributed by atoms with van der Waals surface area (Å²) in [6, 6.07) is 0. The smallest absolute Gasteiger partial charge is 0 e. The summed E-state index contributed by atoms with van der Waals surface area (Å²) in [7, 11) is 0. The third-order valence-electron chi connectivity index (χ3n) is 0. The van der Waals surface area contributed by atoms with Crippen LogP contribution in [0.15, 0.2) is 0 Å². The van der Waals surface area contributed by atoms with Gasteiger partial charge in [0.05, 0.1) is 0 Å². The molecule has 0 nitrogen and oxygen atoms in total. The molecule has 0 radical (unpaired) electrons. The van der Waals surface area contributed by atoms with Crippen molar-refractivity contribution < 1.29 is 16.5 Å². The Labute approximate surface area is 76.4 Å². The van der Waals surface area contributed by atoms with Crippen LogP contribution in [0.3, 0.4) is 0 Å². The van der Waals surface area contributed by atoms with Crippen LogP contribution in [0, 0.1) is 59.4 Å². The van der Waals surface area contributed by atoms with E-state index in [1.54, 1.807) is 0 Å². The summed E-state index contributed by atoms with van der Waals surface area (Å²) in [5.41, 5.74) is 0. The predicted octanol–water partition coefficient (Wildman–Crippen LogP) is 3.60. The van der Waals surface area contributed by atoms with Gasteiger partial charge in [-0.15, -0.1) is 0 Å². The first-order chi connectivity index (χ1) is 0. The van der Waals surface area contributed by atoms with Gasteiger partial charge in [0.15, 0.2) is 0 Å². The van der Waals surface area contributed by atoms with Gasteiger partial charge in [0.25, 0.3) is 0 Å². The molecule has 0 rings (SSSR count). The largest absolute Gasteiger partial charge is 0.358 e. The van der Waals surface area contributed by atoms with Gasteiger partial charge in [-0.05, 0) is 0 Å². The molecule has 0 aromatic heterocycles. The minimum atomic E-state index is 0. The van der Waals surface area contributed by atoms with E-state index in [0.717, 1.165) is 0 Å². The summed E-state index contributed by atoms with van der Waals surface area (Å²) in [6.45, 7) is 0. The predicted molar refractivity (Wildman–Crippen MR) is 51.3 cm³/mol. The van der Waals surface area contributed by atoms with Gasteiger partial charge in [0, 0.05) is 16.5 Å². The van der Waals surface area contributed by atoms with Gasteiger partial charge >= 0.3 is 0 Å². The van der Waals surface area contributed by atoms with E-state index in [4.69, 9.17) is 0 Å². The van der Waals surface area contributed by atoms with Crippen molar-refractivity contribution in [3.8, 4) is 0 Å². The molecule has 74 valence electrons. The summed E-state index contributed by atoms with van der Waals surface area (Å²) in [5, 5.41) is 0. The maximum absolute atomic E-state index is 0. The van der Waals surface area contributed by atoms with Gasteiger partial charge in [-0.25, -0.2) is 0 Å². The van der Waals surface area contributed by atoms with E-state index >= 15 is 0 Å². The van der Waals surface area contributed by atoms with E-state index in [9.17, 15) is 0 Å². The molecule has 0 fully saturated rings. The van der Waals surface area contributed by atoms with Crippen LogP contribution in [0.2, 0.25) is 0 Å². The van der Waals surface area contributed by atoms with E-state index in [1.165, 1.54) is 0 Å². The molecule has 0 bridgehead atoms. The zero-order valence-electron chi connectivity index (χ0n) is 8.32. The zero-order chi connectivity index (χ0) is 0. The van der Waals surface area contributed by atoms with Crippen LogP contribution < -0.4 is 0 Å². The normalized spacial score (nSPS) is 0. The Bertz CT molecular complexity index is 4.53. The van der Waals surface area contributed by atoms with Crippen LogP contribution in [0.1, 0.15) is 0 Å². The van der Waals surface area contributed by atoms with Crippen LogP contribution in [-0.2, 0) is 16.5 Å². The zero-order valence-corrected chi connectivity index (χ0v) is 9.30. The van der Waals surface area contributed by atoms with Crippen molar-refractivity contribution in [1.82, 2.24) is 0 Å². The Balaban J connectivity index is 0. The third-order valence-corrected chi connectivity index (χ3v) is 0. The fraction of sp³-hybridized carbons (Fsp3) is 0. The molecule has 0 N–H and O–H groups in total. The molecule has 0 atom stereocenters. The molecule has 0 aromatic carbocycles. The van der Waals surface area contributed by atoms with E-state index in [0.29, 0.717) is 0 Å². The van der Waals surface area contributed by atoms with Crippen molar-refractivity contribution >= 4 is 0 Å². The molecule has 0 aromatic rings. The van der Waals surface area contributed by atoms with Crippen LogP contribution in [-0.4, -0.2) is 0 Å². The molecule has 9 heavy (non-hydrogen) atoms. The van der Waals surface area contributed by atoms with E-state index in [-0.39, 0.29) is 75.9 Å². The molecule has 0 saturated carbocycles.